The van der Waals surface area contributed by atoms with Gasteiger partial charge >= 0.3 is 18.0 Å². The Balaban J connectivity index is 1.90. The van der Waals surface area contributed by atoms with Crippen molar-refractivity contribution in [1.82, 2.24) is 9.88 Å². The highest BCUT2D eigenvalue weighted by Gasteiger charge is 2.33. The van der Waals surface area contributed by atoms with Crippen LogP contribution < -0.4 is 0 Å². The summed E-state index contributed by atoms with van der Waals surface area (Å²) >= 11 is 0. The molecule has 1 aromatic heterocycles. The van der Waals surface area contributed by atoms with Gasteiger partial charge in [-0.05, 0) is 48.7 Å². The standard InChI is InChI=1S/C25H26N2O6/c1-4-33-25(32)27(22(15(2)3)24(30)31)14-16-5-11-21-19(13-16)10-12-20(26-21)17-6-8-18(9-7-17)23(28)29/h5-13,15,22H,4,14H2,1-3H3,(H,28,29)(H,30,31). The highest BCUT2D eigenvalue weighted by Crippen LogP contribution is 2.24. The number of carbonyl (C=O) groups is 3. The summed E-state index contributed by atoms with van der Waals surface area (Å²) in [5, 5.41) is 19.6. The smallest absolute Gasteiger partial charge is 0.410 e. The molecule has 33 heavy (non-hydrogen) atoms. The first-order chi connectivity index (χ1) is 15.7. The van der Waals surface area contributed by atoms with E-state index >= 15 is 0 Å². The second kappa shape index (κ2) is 10.1. The molecule has 3 rings (SSSR count). The number of pyridine rings is 1. The van der Waals surface area contributed by atoms with Crippen LogP contribution >= 0.6 is 0 Å². The van der Waals surface area contributed by atoms with Gasteiger partial charge in [-0.3, -0.25) is 4.90 Å². The number of carboxylic acids is 2. The topological polar surface area (TPSA) is 117 Å². The summed E-state index contributed by atoms with van der Waals surface area (Å²) in [6.45, 7) is 5.41. The molecule has 1 unspecified atom stereocenters. The van der Waals surface area contributed by atoms with Gasteiger partial charge in [0.15, 0.2) is 0 Å². The molecule has 1 heterocycles. The maximum atomic E-state index is 12.5. The van der Waals surface area contributed by atoms with E-state index in [9.17, 15) is 19.5 Å². The molecule has 8 nitrogen and oxygen atoms in total. The zero-order chi connectivity index (χ0) is 24.1. The van der Waals surface area contributed by atoms with Crippen molar-refractivity contribution in [3.05, 3.63) is 65.7 Å². The molecule has 0 aliphatic heterocycles. The van der Waals surface area contributed by atoms with Crippen LogP contribution in [0.5, 0.6) is 0 Å². The summed E-state index contributed by atoms with van der Waals surface area (Å²) in [6.07, 6.45) is -0.669. The van der Waals surface area contributed by atoms with Gasteiger partial charge in [0.25, 0.3) is 0 Å². The molecular weight excluding hydrogens is 424 g/mol. The number of carbonyl (C=O) groups excluding carboxylic acids is 1. The van der Waals surface area contributed by atoms with Crippen molar-refractivity contribution in [2.45, 2.75) is 33.4 Å². The summed E-state index contributed by atoms with van der Waals surface area (Å²) in [6, 6.07) is 14.7. The number of rotatable bonds is 8. The number of benzene rings is 2. The third kappa shape index (κ3) is 5.46. The van der Waals surface area contributed by atoms with Crippen LogP contribution in [0.15, 0.2) is 54.6 Å². The molecular formula is C25H26N2O6. The van der Waals surface area contributed by atoms with Crippen molar-refractivity contribution < 1.29 is 29.3 Å². The average molecular weight is 450 g/mol. The molecule has 2 N–H and O–H groups in total. The quantitative estimate of drug-likeness (QED) is 0.512. The van der Waals surface area contributed by atoms with E-state index in [-0.39, 0.29) is 24.6 Å². The van der Waals surface area contributed by atoms with Crippen LogP contribution in [0, 0.1) is 5.92 Å². The van der Waals surface area contributed by atoms with E-state index in [4.69, 9.17) is 9.84 Å². The highest BCUT2D eigenvalue weighted by molar-refractivity contribution is 5.88. The van der Waals surface area contributed by atoms with Crippen molar-refractivity contribution in [2.75, 3.05) is 6.61 Å². The first-order valence-corrected chi connectivity index (χ1v) is 10.6. The molecule has 172 valence electrons. The lowest BCUT2D eigenvalue weighted by molar-refractivity contribution is -0.144. The third-order valence-corrected chi connectivity index (χ3v) is 5.26. The number of aromatic nitrogens is 1. The fourth-order valence-corrected chi connectivity index (χ4v) is 3.68. The number of carboxylic acid groups (broad SMARTS) is 2. The van der Waals surface area contributed by atoms with E-state index in [0.29, 0.717) is 5.69 Å². The predicted molar refractivity (Wildman–Crippen MR) is 123 cm³/mol. The van der Waals surface area contributed by atoms with Gasteiger partial charge in [-0.25, -0.2) is 19.4 Å². The Hall–Kier alpha value is -3.94. The Morgan fingerprint density at radius 3 is 2.27 bits per heavy atom. The summed E-state index contributed by atoms with van der Waals surface area (Å²) < 4.78 is 5.11. The fraction of sp³-hybridized carbons (Fsp3) is 0.280. The Bertz CT molecular complexity index is 1170. The molecule has 0 aliphatic rings. The van der Waals surface area contributed by atoms with Crippen LogP contribution in [0.25, 0.3) is 22.2 Å². The lowest BCUT2D eigenvalue weighted by atomic mass is 10.0. The molecule has 0 aliphatic carbocycles. The lowest BCUT2D eigenvalue weighted by Gasteiger charge is -2.30. The minimum absolute atomic E-state index is 0.0856. The van der Waals surface area contributed by atoms with Crippen LogP contribution in [-0.2, 0) is 16.1 Å². The largest absolute Gasteiger partial charge is 0.480 e. The highest BCUT2D eigenvalue weighted by atomic mass is 16.6. The minimum Gasteiger partial charge on any atom is -0.480 e. The van der Waals surface area contributed by atoms with Crippen molar-refractivity contribution in [1.29, 1.82) is 0 Å². The average Bonchev–Trinajstić information content (AvgIpc) is 2.78. The van der Waals surface area contributed by atoms with Gasteiger partial charge in [0, 0.05) is 17.5 Å². The van der Waals surface area contributed by atoms with Gasteiger partial charge in [-0.15, -0.1) is 0 Å². The SMILES string of the molecule is CCOC(=O)N(Cc1ccc2nc(-c3ccc(C(=O)O)cc3)ccc2c1)C(C(=O)O)C(C)C. The molecule has 8 heteroatoms. The first-order valence-electron chi connectivity index (χ1n) is 10.6. The van der Waals surface area contributed by atoms with E-state index in [1.165, 1.54) is 17.0 Å². The van der Waals surface area contributed by atoms with Gasteiger partial charge < -0.3 is 14.9 Å². The van der Waals surface area contributed by atoms with Gasteiger partial charge in [0.2, 0.25) is 0 Å². The number of hydrogen-bond acceptors (Lipinski definition) is 5. The third-order valence-electron chi connectivity index (χ3n) is 5.26. The maximum Gasteiger partial charge on any atom is 0.410 e. The van der Waals surface area contributed by atoms with Crippen LogP contribution in [-0.4, -0.2) is 50.8 Å². The number of hydrogen-bond donors (Lipinski definition) is 2. The van der Waals surface area contributed by atoms with Crippen molar-refractivity contribution in [2.24, 2.45) is 5.92 Å². The lowest BCUT2D eigenvalue weighted by Crippen LogP contribution is -2.47. The Morgan fingerprint density at radius 1 is 1.00 bits per heavy atom. The number of aromatic carboxylic acids is 1. The van der Waals surface area contributed by atoms with Gasteiger partial charge in [-0.2, -0.15) is 0 Å². The molecule has 0 saturated carbocycles. The Kier molecular flexibility index (Phi) is 7.27. The van der Waals surface area contributed by atoms with E-state index in [0.717, 1.165) is 22.0 Å². The second-order valence-electron chi connectivity index (χ2n) is 7.96. The summed E-state index contributed by atoms with van der Waals surface area (Å²) in [5.41, 5.74) is 3.17. The Labute approximate surface area is 191 Å². The zero-order valence-corrected chi connectivity index (χ0v) is 18.7. The monoisotopic (exact) mass is 450 g/mol. The summed E-state index contributed by atoms with van der Waals surface area (Å²) in [5.74, 6) is -2.37. The minimum atomic E-state index is -1.08. The molecule has 3 aromatic rings. The normalized spacial score (nSPS) is 11.9. The van der Waals surface area contributed by atoms with Crippen molar-refractivity contribution in [3.63, 3.8) is 0 Å². The number of nitrogens with zero attached hydrogens (tertiary/aromatic N) is 2. The number of aliphatic carboxylic acids is 1. The van der Waals surface area contributed by atoms with Gasteiger partial charge in [0.1, 0.15) is 6.04 Å². The van der Waals surface area contributed by atoms with Gasteiger partial charge in [-0.1, -0.05) is 38.1 Å². The fourth-order valence-electron chi connectivity index (χ4n) is 3.68. The molecule has 1 amide bonds. The van der Waals surface area contributed by atoms with Crippen LogP contribution in [0.2, 0.25) is 0 Å². The van der Waals surface area contributed by atoms with Crippen molar-refractivity contribution in [3.8, 4) is 11.3 Å². The molecule has 0 saturated heterocycles. The number of ether oxygens (including phenoxy) is 1. The molecule has 0 bridgehead atoms. The summed E-state index contributed by atoms with van der Waals surface area (Å²) in [4.78, 5) is 41.3. The predicted octanol–water partition coefficient (Wildman–Crippen LogP) is 4.67. The van der Waals surface area contributed by atoms with E-state index in [2.05, 4.69) is 4.98 Å². The Morgan fingerprint density at radius 2 is 1.70 bits per heavy atom. The van der Waals surface area contributed by atoms with E-state index in [1.54, 1.807) is 39.0 Å². The van der Waals surface area contributed by atoms with E-state index < -0.39 is 24.1 Å². The molecule has 0 spiro atoms. The van der Waals surface area contributed by atoms with Crippen LogP contribution in [0.4, 0.5) is 4.79 Å². The maximum absolute atomic E-state index is 12.5. The van der Waals surface area contributed by atoms with E-state index in [1.807, 2.05) is 24.3 Å². The number of amides is 1. The zero-order valence-electron chi connectivity index (χ0n) is 18.7. The molecule has 2 aromatic carbocycles. The van der Waals surface area contributed by atoms with Crippen molar-refractivity contribution >= 4 is 28.9 Å². The molecule has 0 fully saturated rings. The number of fused-ring (bicyclic) bond motifs is 1. The molecule has 0 radical (unpaired) electrons. The summed E-state index contributed by atoms with van der Waals surface area (Å²) in [7, 11) is 0. The first kappa shape index (κ1) is 23.7. The second-order valence-corrected chi connectivity index (χ2v) is 7.96. The molecule has 1 atom stereocenters. The van der Waals surface area contributed by atoms with Gasteiger partial charge in [0.05, 0.1) is 23.4 Å². The van der Waals surface area contributed by atoms with Crippen LogP contribution in [0.3, 0.4) is 0 Å². The van der Waals surface area contributed by atoms with Crippen LogP contribution in [0.1, 0.15) is 36.7 Å².